The molecule has 1 aromatic heterocycles. The quantitative estimate of drug-likeness (QED) is 0.632. The van der Waals surface area contributed by atoms with Gasteiger partial charge in [0.15, 0.2) is 0 Å². The van der Waals surface area contributed by atoms with Crippen LogP contribution in [0.15, 0.2) is 30.3 Å². The van der Waals surface area contributed by atoms with Gasteiger partial charge in [-0.3, -0.25) is 4.79 Å². The molecule has 0 aliphatic rings. The monoisotopic (exact) mass is 306 g/mol. The topological polar surface area (TPSA) is 53.2 Å². The Labute approximate surface area is 150 Å². The summed E-state index contributed by atoms with van der Waals surface area (Å²) in [6.07, 6.45) is 3.77. The Balaban J connectivity index is 0.000000403. The van der Waals surface area contributed by atoms with E-state index < -0.39 is 0 Å². The Morgan fingerprint density at radius 2 is 2.04 bits per heavy atom. The first-order valence-electron chi connectivity index (χ1n) is 7.35. The summed E-state index contributed by atoms with van der Waals surface area (Å²) in [5, 5.41) is 1.05. The summed E-state index contributed by atoms with van der Waals surface area (Å²) in [4.78, 5) is 26.2. The molecule has 1 N–H and O–H groups in total. The number of carbonyl (C=O) groups excluding carboxylic acids is 2. The fraction of sp³-hybridized carbons (Fsp3) is 0.333. The molecule has 0 fully saturated rings. The average Bonchev–Trinajstić information content (AvgIpc) is 2.95. The van der Waals surface area contributed by atoms with Gasteiger partial charge >= 0.3 is 18.9 Å². The number of hydrogen-bond acceptors (Lipinski definition) is 2. The number of amides is 1. The molecule has 4 nitrogen and oxygen atoms in total. The molecule has 1 heterocycles. The SMILES string of the molecule is O=[C-]c1cc2ccccc2[nH]1.[CH2-]CN(C[CH-]C)C(=O)C(C)C.[Li+]. The predicted octanol–water partition coefficient (Wildman–Crippen LogP) is 0.159. The van der Waals surface area contributed by atoms with Crippen molar-refractivity contribution in [2.75, 3.05) is 13.1 Å². The summed E-state index contributed by atoms with van der Waals surface area (Å²) < 4.78 is 0. The van der Waals surface area contributed by atoms with E-state index >= 15 is 0 Å². The van der Waals surface area contributed by atoms with E-state index in [1.807, 2.05) is 57.7 Å². The van der Waals surface area contributed by atoms with Gasteiger partial charge in [0.05, 0.1) is 0 Å². The zero-order valence-corrected chi connectivity index (χ0v) is 14.4. The molecule has 23 heavy (non-hydrogen) atoms. The van der Waals surface area contributed by atoms with Crippen molar-refractivity contribution in [3.8, 4) is 0 Å². The number of rotatable bonds is 5. The van der Waals surface area contributed by atoms with Gasteiger partial charge in [0.1, 0.15) is 0 Å². The third kappa shape index (κ3) is 6.64. The molecule has 0 spiro atoms. The molecule has 0 saturated carbocycles. The van der Waals surface area contributed by atoms with Gasteiger partial charge in [-0.1, -0.05) is 43.1 Å². The van der Waals surface area contributed by atoms with Crippen LogP contribution in [0.1, 0.15) is 26.5 Å². The molecule has 0 aliphatic heterocycles. The van der Waals surface area contributed by atoms with Crippen LogP contribution in [0.25, 0.3) is 10.9 Å². The summed E-state index contributed by atoms with van der Waals surface area (Å²) in [7, 11) is 0. The number of aromatic amines is 1. The third-order valence-corrected chi connectivity index (χ3v) is 3.12. The van der Waals surface area contributed by atoms with Crippen LogP contribution in [-0.2, 0) is 9.59 Å². The minimum Gasteiger partial charge on any atom is -0.417 e. The Morgan fingerprint density at radius 1 is 1.39 bits per heavy atom. The van der Waals surface area contributed by atoms with Gasteiger partial charge in [-0.15, -0.1) is 13.1 Å². The number of nitrogens with one attached hydrogen (secondary N) is 1. The Kier molecular flexibility index (Phi) is 10.4. The van der Waals surface area contributed by atoms with E-state index in [9.17, 15) is 9.59 Å². The number of carbonyl (C=O) groups is 1. The summed E-state index contributed by atoms with van der Waals surface area (Å²) in [5.41, 5.74) is 1.48. The fourth-order valence-corrected chi connectivity index (χ4v) is 2.01. The van der Waals surface area contributed by atoms with Gasteiger partial charge in [-0.05, 0) is 6.07 Å². The number of nitrogens with zero attached hydrogens (tertiary/aromatic N) is 1. The summed E-state index contributed by atoms with van der Waals surface area (Å²) in [6, 6.07) is 9.52. The largest absolute Gasteiger partial charge is 1.00 e. The standard InChI is InChI=1S/C9H6NO.C9H17NO.Li/c11-6-8-5-7-3-1-2-4-9(7)10-8;1-5-7-10(6-2)9(11)8(3)4;/h1-5,10H;5,8H,2,6-7H2,1,3-4H3;/q-1;-2;+1. The van der Waals surface area contributed by atoms with Gasteiger partial charge in [0.25, 0.3) is 0 Å². The first kappa shape index (κ1) is 21.5. The number of benzene rings is 1. The molecule has 0 unspecified atom stereocenters. The molecule has 0 atom stereocenters. The first-order chi connectivity index (χ1) is 10.5. The van der Waals surface area contributed by atoms with Crippen molar-refractivity contribution in [3.63, 3.8) is 0 Å². The van der Waals surface area contributed by atoms with Gasteiger partial charge in [0, 0.05) is 17.7 Å². The van der Waals surface area contributed by atoms with Gasteiger partial charge in [-0.2, -0.15) is 13.0 Å². The Hall–Kier alpha value is -1.50. The maximum Gasteiger partial charge on any atom is 1.00 e. The summed E-state index contributed by atoms with van der Waals surface area (Å²) in [5.74, 6) is 0.259. The minimum atomic E-state index is 0. The number of H-pyrrole nitrogens is 1. The van der Waals surface area contributed by atoms with Crippen LogP contribution < -0.4 is 18.9 Å². The molecule has 2 rings (SSSR count). The van der Waals surface area contributed by atoms with E-state index in [1.54, 1.807) is 11.0 Å². The Bertz CT molecular complexity index is 575. The number of fused-ring (bicyclic) bond motifs is 1. The van der Waals surface area contributed by atoms with Crippen molar-refractivity contribution in [1.29, 1.82) is 0 Å². The van der Waals surface area contributed by atoms with E-state index in [0.717, 1.165) is 10.9 Å². The van der Waals surface area contributed by atoms with E-state index in [-0.39, 0.29) is 30.7 Å². The van der Waals surface area contributed by atoms with Crippen LogP contribution in [0.3, 0.4) is 0 Å². The molecule has 1 amide bonds. The van der Waals surface area contributed by atoms with Gasteiger partial charge < -0.3 is 28.0 Å². The van der Waals surface area contributed by atoms with Crippen molar-refractivity contribution in [3.05, 3.63) is 49.4 Å². The van der Waals surface area contributed by atoms with Crippen LogP contribution in [-0.4, -0.2) is 35.2 Å². The number of hydrogen-bond donors (Lipinski definition) is 1. The van der Waals surface area contributed by atoms with Crippen molar-refractivity contribution in [1.82, 2.24) is 9.88 Å². The van der Waals surface area contributed by atoms with Crippen molar-refractivity contribution in [2.24, 2.45) is 5.92 Å². The summed E-state index contributed by atoms with van der Waals surface area (Å²) >= 11 is 0. The molecule has 0 saturated heterocycles. The van der Waals surface area contributed by atoms with Crippen molar-refractivity contribution >= 4 is 23.1 Å². The Morgan fingerprint density at radius 3 is 2.52 bits per heavy atom. The molecule has 0 aliphatic carbocycles. The van der Waals surface area contributed by atoms with E-state index in [4.69, 9.17) is 0 Å². The number of para-hydroxylation sites is 1. The zero-order valence-electron chi connectivity index (χ0n) is 14.4. The second-order valence-electron chi connectivity index (χ2n) is 5.22. The smallest absolute Gasteiger partial charge is 0.417 e. The molecule has 120 valence electrons. The van der Waals surface area contributed by atoms with E-state index in [2.05, 4.69) is 11.9 Å². The number of aromatic nitrogens is 1. The fourth-order valence-electron chi connectivity index (χ4n) is 2.01. The maximum atomic E-state index is 11.3. The van der Waals surface area contributed by atoms with Crippen molar-refractivity contribution in [2.45, 2.75) is 20.8 Å². The van der Waals surface area contributed by atoms with Crippen molar-refractivity contribution < 1.29 is 28.4 Å². The molecule has 1 aromatic carbocycles. The molecule has 5 heteroatoms. The maximum absolute atomic E-state index is 11.3. The summed E-state index contributed by atoms with van der Waals surface area (Å²) in [6.45, 7) is 10.7. The molecular weight excluding hydrogens is 283 g/mol. The third-order valence-electron chi connectivity index (χ3n) is 3.12. The first-order valence-corrected chi connectivity index (χ1v) is 7.35. The zero-order chi connectivity index (χ0) is 16.5. The normalized spacial score (nSPS) is 9.78. The van der Waals surface area contributed by atoms with E-state index in [1.165, 1.54) is 0 Å². The van der Waals surface area contributed by atoms with Gasteiger partial charge in [-0.25, -0.2) is 0 Å². The molecule has 0 radical (unpaired) electrons. The molecule has 0 bridgehead atoms. The van der Waals surface area contributed by atoms with Crippen LogP contribution in [0, 0.1) is 19.3 Å². The van der Waals surface area contributed by atoms with Gasteiger partial charge in [0.2, 0.25) is 5.91 Å². The second kappa shape index (κ2) is 11.1. The van der Waals surface area contributed by atoms with Crippen LogP contribution >= 0.6 is 0 Å². The second-order valence-corrected chi connectivity index (χ2v) is 5.22. The van der Waals surface area contributed by atoms with Crippen LogP contribution in [0.4, 0.5) is 0 Å². The average molecular weight is 306 g/mol. The molecular formula is C18H23LiN2O2-2. The minimum absolute atomic E-state index is 0. The predicted molar refractivity (Wildman–Crippen MR) is 89.8 cm³/mol. The van der Waals surface area contributed by atoms with Crippen LogP contribution in [0.2, 0.25) is 0 Å². The molecule has 2 aromatic rings. The van der Waals surface area contributed by atoms with E-state index in [0.29, 0.717) is 18.8 Å². The van der Waals surface area contributed by atoms with Crippen LogP contribution in [0.5, 0.6) is 0 Å².